The highest BCUT2D eigenvalue weighted by molar-refractivity contribution is 5.85. The molecule has 102 valence electrons. The van der Waals surface area contributed by atoms with Crippen LogP contribution >= 0.6 is 0 Å². The molecular weight excluding hydrogens is 232 g/mol. The molecule has 0 unspecified atom stereocenters. The van der Waals surface area contributed by atoms with Gasteiger partial charge in [-0.05, 0) is 27.7 Å². The molecule has 2 saturated heterocycles. The predicted molar refractivity (Wildman–Crippen MR) is 67.9 cm³/mol. The van der Waals surface area contributed by atoms with E-state index >= 15 is 0 Å². The molecule has 6 nitrogen and oxygen atoms in total. The lowest BCUT2D eigenvalue weighted by Gasteiger charge is -2.27. The fourth-order valence-corrected chi connectivity index (χ4v) is 3.05. The van der Waals surface area contributed by atoms with Crippen molar-refractivity contribution in [3.8, 4) is 0 Å². The second-order valence-corrected chi connectivity index (χ2v) is 4.54. The molecule has 0 bridgehead atoms. The van der Waals surface area contributed by atoms with Gasteiger partial charge in [-0.3, -0.25) is 0 Å². The Morgan fingerprint density at radius 1 is 0.667 bits per heavy atom. The molecule has 0 aromatic rings. The number of likely N-dealkylation sites (N-methyl/N-ethyl adjacent to an activating group) is 4. The van der Waals surface area contributed by atoms with Crippen molar-refractivity contribution in [2.45, 2.75) is 40.0 Å². The van der Waals surface area contributed by atoms with Crippen LogP contribution in [0, 0.1) is 0 Å². The number of fused-ring (bicyclic) bond motifs is 1. The molecule has 6 heteroatoms. The standard InChI is InChI=1S/C12H22N4O2/c1-5-13-9-10(15(7-3)11(13)17)16(8-4)12(18)14(9)6-2/h9-10H,5-8H2,1-4H3/t9-,10+. The first-order valence-electron chi connectivity index (χ1n) is 6.76. The Morgan fingerprint density at radius 3 is 1.06 bits per heavy atom. The van der Waals surface area contributed by atoms with Gasteiger partial charge >= 0.3 is 12.1 Å². The Morgan fingerprint density at radius 2 is 0.889 bits per heavy atom. The van der Waals surface area contributed by atoms with Gasteiger partial charge in [-0.25, -0.2) is 9.59 Å². The van der Waals surface area contributed by atoms with E-state index in [1.54, 1.807) is 19.6 Å². The maximum atomic E-state index is 12.3. The Hall–Kier alpha value is -1.46. The number of amides is 4. The molecular formula is C12H22N4O2. The Kier molecular flexibility index (Phi) is 3.36. The van der Waals surface area contributed by atoms with E-state index in [9.17, 15) is 9.59 Å². The van der Waals surface area contributed by atoms with Crippen LogP contribution in [-0.2, 0) is 0 Å². The summed E-state index contributed by atoms with van der Waals surface area (Å²) in [6.45, 7) is 10.4. The zero-order valence-corrected chi connectivity index (χ0v) is 11.6. The average molecular weight is 254 g/mol. The topological polar surface area (TPSA) is 47.1 Å². The van der Waals surface area contributed by atoms with Crippen molar-refractivity contribution < 1.29 is 9.59 Å². The summed E-state index contributed by atoms with van der Waals surface area (Å²) in [6.07, 6.45) is -0.250. The second kappa shape index (κ2) is 4.66. The zero-order valence-electron chi connectivity index (χ0n) is 11.6. The number of rotatable bonds is 4. The average Bonchev–Trinajstić information content (AvgIpc) is 2.78. The third-order valence-electron chi connectivity index (χ3n) is 3.89. The quantitative estimate of drug-likeness (QED) is 0.756. The van der Waals surface area contributed by atoms with E-state index in [-0.39, 0.29) is 24.4 Å². The van der Waals surface area contributed by atoms with Gasteiger partial charge in [0, 0.05) is 26.2 Å². The van der Waals surface area contributed by atoms with Gasteiger partial charge in [0.1, 0.15) is 12.3 Å². The predicted octanol–water partition coefficient (Wildman–Crippen LogP) is 1.19. The first-order valence-corrected chi connectivity index (χ1v) is 6.76. The van der Waals surface area contributed by atoms with Crippen molar-refractivity contribution in [2.24, 2.45) is 0 Å². The number of carbonyl (C=O) groups is 2. The summed E-state index contributed by atoms with van der Waals surface area (Å²) in [4.78, 5) is 31.8. The van der Waals surface area contributed by atoms with Crippen LogP contribution in [0.15, 0.2) is 0 Å². The molecule has 2 heterocycles. The molecule has 0 N–H and O–H groups in total. The highest BCUT2D eigenvalue weighted by Gasteiger charge is 2.57. The summed E-state index contributed by atoms with van der Waals surface area (Å²) in [7, 11) is 0. The first kappa shape index (κ1) is 13.0. The van der Waals surface area contributed by atoms with Crippen molar-refractivity contribution in [3.05, 3.63) is 0 Å². The van der Waals surface area contributed by atoms with Crippen LogP contribution in [0.4, 0.5) is 9.59 Å². The minimum Gasteiger partial charge on any atom is -0.300 e. The van der Waals surface area contributed by atoms with E-state index in [4.69, 9.17) is 0 Å². The van der Waals surface area contributed by atoms with E-state index in [0.29, 0.717) is 26.2 Å². The van der Waals surface area contributed by atoms with Gasteiger partial charge in [0.15, 0.2) is 0 Å². The number of urea groups is 2. The van der Waals surface area contributed by atoms with Crippen LogP contribution in [0.2, 0.25) is 0 Å². The summed E-state index contributed by atoms with van der Waals surface area (Å²) in [6, 6.07) is 0.0822. The molecule has 18 heavy (non-hydrogen) atoms. The van der Waals surface area contributed by atoms with Gasteiger partial charge in [0.05, 0.1) is 0 Å². The number of hydrogen-bond donors (Lipinski definition) is 0. The van der Waals surface area contributed by atoms with Gasteiger partial charge in [0.2, 0.25) is 0 Å². The SMILES string of the molecule is CCN1C(=O)N(CC)[C@H]2[C@@H]1N(CC)C(=O)N2CC. The molecule has 2 aliphatic rings. The molecule has 2 aliphatic heterocycles. The number of carbonyl (C=O) groups excluding carboxylic acids is 2. The smallest absolute Gasteiger partial charge is 0.300 e. The Balaban J connectivity index is 2.41. The monoisotopic (exact) mass is 254 g/mol. The minimum atomic E-state index is -0.125. The molecule has 4 amide bonds. The number of hydrogen-bond acceptors (Lipinski definition) is 2. The van der Waals surface area contributed by atoms with E-state index in [1.807, 2.05) is 27.7 Å². The first-order chi connectivity index (χ1) is 8.62. The van der Waals surface area contributed by atoms with Gasteiger partial charge in [-0.1, -0.05) is 0 Å². The van der Waals surface area contributed by atoms with Crippen LogP contribution < -0.4 is 0 Å². The highest BCUT2D eigenvalue weighted by Crippen LogP contribution is 2.34. The Bertz CT molecular complexity index is 298. The van der Waals surface area contributed by atoms with Crippen molar-refractivity contribution in [2.75, 3.05) is 26.2 Å². The summed E-state index contributed by atoms with van der Waals surface area (Å²) in [5, 5.41) is 0. The molecule has 2 rings (SSSR count). The van der Waals surface area contributed by atoms with Crippen molar-refractivity contribution in [1.29, 1.82) is 0 Å². The minimum absolute atomic E-state index is 0.0411. The lowest BCUT2D eigenvalue weighted by Crippen LogP contribution is -2.46. The molecule has 2 fully saturated rings. The van der Waals surface area contributed by atoms with Crippen LogP contribution in [0.25, 0.3) is 0 Å². The van der Waals surface area contributed by atoms with Crippen molar-refractivity contribution in [1.82, 2.24) is 19.6 Å². The van der Waals surface area contributed by atoms with Crippen LogP contribution in [-0.4, -0.2) is 70.2 Å². The summed E-state index contributed by atoms with van der Waals surface area (Å²) < 4.78 is 0. The normalized spacial score (nSPS) is 27.6. The fraction of sp³-hybridized carbons (Fsp3) is 0.833. The molecule has 0 atom stereocenters. The Labute approximate surface area is 108 Å². The van der Waals surface area contributed by atoms with Gasteiger partial charge in [0.25, 0.3) is 0 Å². The van der Waals surface area contributed by atoms with Gasteiger partial charge in [-0.15, -0.1) is 0 Å². The summed E-state index contributed by atoms with van der Waals surface area (Å²) in [5.41, 5.74) is 0. The molecule has 0 aromatic heterocycles. The lowest BCUT2D eigenvalue weighted by atomic mass is 10.3. The van der Waals surface area contributed by atoms with Gasteiger partial charge < -0.3 is 19.6 Å². The van der Waals surface area contributed by atoms with E-state index in [1.165, 1.54) is 0 Å². The fourth-order valence-electron chi connectivity index (χ4n) is 3.05. The third-order valence-corrected chi connectivity index (χ3v) is 3.89. The van der Waals surface area contributed by atoms with Gasteiger partial charge in [-0.2, -0.15) is 0 Å². The van der Waals surface area contributed by atoms with Crippen LogP contribution in [0.3, 0.4) is 0 Å². The molecule has 0 aliphatic carbocycles. The van der Waals surface area contributed by atoms with E-state index < -0.39 is 0 Å². The van der Waals surface area contributed by atoms with Crippen LogP contribution in [0.5, 0.6) is 0 Å². The molecule has 0 aromatic carbocycles. The van der Waals surface area contributed by atoms with E-state index in [2.05, 4.69) is 0 Å². The number of nitrogens with zero attached hydrogens (tertiary/aromatic N) is 4. The molecule has 0 radical (unpaired) electrons. The van der Waals surface area contributed by atoms with Crippen LogP contribution in [0.1, 0.15) is 27.7 Å². The molecule has 0 spiro atoms. The lowest BCUT2D eigenvalue weighted by molar-refractivity contribution is 0.134. The van der Waals surface area contributed by atoms with E-state index in [0.717, 1.165) is 0 Å². The summed E-state index contributed by atoms with van der Waals surface area (Å²) >= 11 is 0. The maximum Gasteiger partial charge on any atom is 0.323 e. The zero-order chi connectivity index (χ0) is 13.4. The summed E-state index contributed by atoms with van der Waals surface area (Å²) in [5.74, 6) is 0. The maximum absolute atomic E-state index is 12.3. The second-order valence-electron chi connectivity index (χ2n) is 4.54. The largest absolute Gasteiger partial charge is 0.323 e. The van der Waals surface area contributed by atoms with Crippen molar-refractivity contribution >= 4 is 12.1 Å². The highest BCUT2D eigenvalue weighted by atomic mass is 16.2. The van der Waals surface area contributed by atoms with Crippen molar-refractivity contribution in [3.63, 3.8) is 0 Å². The third kappa shape index (κ3) is 1.47. The molecule has 0 saturated carbocycles.